The summed E-state index contributed by atoms with van der Waals surface area (Å²) in [7, 11) is 0. The highest BCUT2D eigenvalue weighted by Crippen LogP contribution is 2.41. The quantitative estimate of drug-likeness (QED) is 0.737. The van der Waals surface area contributed by atoms with Crippen LogP contribution in [0.3, 0.4) is 0 Å². The smallest absolute Gasteiger partial charge is 0.291 e. The molecule has 0 radical (unpaired) electrons. The predicted octanol–water partition coefficient (Wildman–Crippen LogP) is 4.27. The number of carbonyl (C=O) groups excluding carboxylic acids is 1. The molecule has 25 heavy (non-hydrogen) atoms. The van der Waals surface area contributed by atoms with E-state index >= 15 is 0 Å². The molecule has 1 aromatic carbocycles. The summed E-state index contributed by atoms with van der Waals surface area (Å²) in [6.45, 7) is 0. The lowest BCUT2D eigenvalue weighted by Crippen LogP contribution is -2.56. The number of hydrazine groups is 1. The number of nitrogens with zero attached hydrogens (tertiary/aromatic N) is 1. The Kier molecular flexibility index (Phi) is 4.61. The number of carbonyl (C=O) groups is 1. The Bertz CT molecular complexity index is 889. The minimum absolute atomic E-state index is 0.0453. The van der Waals surface area contributed by atoms with E-state index in [4.69, 9.17) is 23.2 Å². The molecule has 2 aromatic rings. The van der Waals surface area contributed by atoms with Crippen molar-refractivity contribution in [3.63, 3.8) is 0 Å². The Hall–Kier alpha value is -1.55. The van der Waals surface area contributed by atoms with Gasteiger partial charge in [-0.25, -0.2) is 22.6 Å². The van der Waals surface area contributed by atoms with Crippen molar-refractivity contribution >= 4 is 50.5 Å². The molecule has 2 N–H and O–H groups in total. The highest BCUT2D eigenvalue weighted by Gasteiger charge is 2.51. The van der Waals surface area contributed by atoms with Crippen molar-refractivity contribution in [1.29, 1.82) is 0 Å². The molecule has 0 saturated carbocycles. The highest BCUT2D eigenvalue weighted by molar-refractivity contribution is 7.21. The molecule has 1 aliphatic rings. The third-order valence-electron chi connectivity index (χ3n) is 3.53. The van der Waals surface area contributed by atoms with Gasteiger partial charge in [-0.2, -0.15) is 0 Å². The fourth-order valence-corrected chi connectivity index (χ4v) is 4.22. The Balaban J connectivity index is 2.07. The maximum atomic E-state index is 13.2. The van der Waals surface area contributed by atoms with Crippen molar-refractivity contribution in [2.75, 3.05) is 0 Å². The minimum Gasteiger partial charge on any atom is -0.361 e. The molecule has 1 amide bonds. The lowest BCUT2D eigenvalue weighted by molar-refractivity contribution is -0.146. The fourth-order valence-electron chi connectivity index (χ4n) is 2.34. The normalized spacial score (nSPS) is 20.5. The van der Waals surface area contributed by atoms with Gasteiger partial charge in [0.1, 0.15) is 4.88 Å². The number of fused-ring (bicyclic) bond motifs is 1. The van der Waals surface area contributed by atoms with Crippen LogP contribution in [0.4, 0.5) is 17.6 Å². The third kappa shape index (κ3) is 2.84. The number of rotatable bonds is 3. The Morgan fingerprint density at radius 1 is 1.28 bits per heavy atom. The number of hydrogen-bond donors (Lipinski definition) is 2. The van der Waals surface area contributed by atoms with Crippen molar-refractivity contribution in [2.45, 2.75) is 18.6 Å². The number of allylic oxidation sites excluding steroid dienone is 1. The average Bonchev–Trinajstić information content (AvgIpc) is 3.07. The van der Waals surface area contributed by atoms with Crippen LogP contribution in [0.15, 0.2) is 30.0 Å². The zero-order chi connectivity index (χ0) is 18.5. The summed E-state index contributed by atoms with van der Waals surface area (Å²) in [5, 5.41) is 10.5. The van der Waals surface area contributed by atoms with Gasteiger partial charge in [-0.15, -0.1) is 11.3 Å². The van der Waals surface area contributed by atoms with Crippen molar-refractivity contribution < 1.29 is 27.5 Å². The number of halogens is 6. The summed E-state index contributed by atoms with van der Waals surface area (Å²) in [5.74, 6) is -1.18. The van der Waals surface area contributed by atoms with E-state index in [1.54, 1.807) is 12.1 Å². The van der Waals surface area contributed by atoms with Crippen molar-refractivity contribution in [3.05, 3.63) is 44.9 Å². The number of aliphatic hydroxyl groups is 1. The Morgan fingerprint density at radius 2 is 1.96 bits per heavy atom. The van der Waals surface area contributed by atoms with Gasteiger partial charge in [0.2, 0.25) is 5.72 Å². The maximum absolute atomic E-state index is 13.2. The average molecular weight is 415 g/mol. The van der Waals surface area contributed by atoms with Gasteiger partial charge in [0.05, 0.1) is 15.7 Å². The highest BCUT2D eigenvalue weighted by atomic mass is 35.5. The van der Waals surface area contributed by atoms with Crippen LogP contribution in [0, 0.1) is 0 Å². The van der Waals surface area contributed by atoms with Gasteiger partial charge in [-0.05, 0) is 12.1 Å². The van der Waals surface area contributed by atoms with Crippen LogP contribution in [0.25, 0.3) is 10.1 Å². The van der Waals surface area contributed by atoms with E-state index in [2.05, 4.69) is 0 Å². The van der Waals surface area contributed by atoms with E-state index in [9.17, 15) is 27.5 Å². The van der Waals surface area contributed by atoms with Gasteiger partial charge in [-0.1, -0.05) is 29.3 Å². The number of hydrogen-bond acceptors (Lipinski definition) is 4. The number of alkyl halides is 4. The first-order valence-corrected chi connectivity index (χ1v) is 8.23. The molecule has 1 atom stereocenters. The third-order valence-corrected chi connectivity index (χ3v) is 5.47. The summed E-state index contributed by atoms with van der Waals surface area (Å²) >= 11 is 13.0. The molecule has 0 fully saturated rings. The molecule has 0 spiro atoms. The van der Waals surface area contributed by atoms with Gasteiger partial charge in [0.25, 0.3) is 18.8 Å². The second kappa shape index (κ2) is 6.31. The monoisotopic (exact) mass is 414 g/mol. The molecule has 4 nitrogen and oxygen atoms in total. The van der Waals surface area contributed by atoms with Gasteiger partial charge in [-0.3, -0.25) is 10.2 Å². The molecule has 3 rings (SSSR count). The van der Waals surface area contributed by atoms with Gasteiger partial charge < -0.3 is 5.11 Å². The molecule has 1 aromatic heterocycles. The Morgan fingerprint density at radius 3 is 2.52 bits per heavy atom. The zero-order valence-electron chi connectivity index (χ0n) is 11.9. The van der Waals surface area contributed by atoms with E-state index in [0.717, 1.165) is 11.3 Å². The van der Waals surface area contributed by atoms with E-state index in [1.807, 2.05) is 5.43 Å². The van der Waals surface area contributed by atoms with E-state index in [-0.39, 0.29) is 26.0 Å². The van der Waals surface area contributed by atoms with E-state index < -0.39 is 30.2 Å². The molecular weight excluding hydrogens is 407 g/mol. The standard InChI is InChI=1S/C14H8Cl2F4N2O2S/c15-5-2-1-3-7-8(5)9(16)10(25-7)12(23)22-14(24,13(19)20)4-6(21-22)11(17)18/h1-4,11,13,21,24H. The van der Waals surface area contributed by atoms with Crippen LogP contribution in [0.1, 0.15) is 9.67 Å². The van der Waals surface area contributed by atoms with Gasteiger partial charge >= 0.3 is 0 Å². The fraction of sp³-hybridized carbons (Fsp3) is 0.214. The molecule has 0 aliphatic carbocycles. The first kappa shape index (κ1) is 18.2. The molecule has 2 heterocycles. The van der Waals surface area contributed by atoms with Crippen LogP contribution in [-0.4, -0.2) is 34.6 Å². The molecule has 1 aliphatic heterocycles. The summed E-state index contributed by atoms with van der Waals surface area (Å²) < 4.78 is 52.6. The van der Waals surface area contributed by atoms with Crippen LogP contribution >= 0.6 is 34.5 Å². The number of thiophene rings is 1. The molecule has 134 valence electrons. The molecule has 11 heteroatoms. The SMILES string of the molecule is O=C(c1sc2cccc(Cl)c2c1Cl)N1NC(C(F)F)=CC1(O)C(F)F. The predicted molar refractivity (Wildman–Crippen MR) is 86.2 cm³/mol. The molecule has 0 saturated heterocycles. The van der Waals surface area contributed by atoms with Crippen LogP contribution in [-0.2, 0) is 0 Å². The molecule has 0 bridgehead atoms. The minimum atomic E-state index is -3.53. The van der Waals surface area contributed by atoms with E-state index in [1.165, 1.54) is 6.07 Å². The van der Waals surface area contributed by atoms with Crippen molar-refractivity contribution in [1.82, 2.24) is 10.4 Å². The first-order chi connectivity index (χ1) is 11.7. The second-order valence-corrected chi connectivity index (χ2v) is 6.93. The van der Waals surface area contributed by atoms with Crippen molar-refractivity contribution in [3.8, 4) is 0 Å². The van der Waals surface area contributed by atoms with Gasteiger partial charge in [0, 0.05) is 16.2 Å². The maximum Gasteiger partial charge on any atom is 0.291 e. The summed E-state index contributed by atoms with van der Waals surface area (Å²) in [4.78, 5) is 12.4. The van der Waals surface area contributed by atoms with Gasteiger partial charge in [0.15, 0.2) is 0 Å². The largest absolute Gasteiger partial charge is 0.361 e. The number of nitrogens with one attached hydrogen (secondary N) is 1. The topological polar surface area (TPSA) is 52.6 Å². The summed E-state index contributed by atoms with van der Waals surface area (Å²) in [6, 6.07) is 4.73. The second-order valence-electron chi connectivity index (χ2n) is 5.09. The molecule has 1 unspecified atom stereocenters. The van der Waals surface area contributed by atoms with Crippen LogP contribution in [0.2, 0.25) is 10.0 Å². The molecular formula is C14H8Cl2F4N2O2S. The lowest BCUT2D eigenvalue weighted by atomic mass is 10.2. The summed E-state index contributed by atoms with van der Waals surface area (Å²) in [5.41, 5.74) is -2.41. The summed E-state index contributed by atoms with van der Waals surface area (Å²) in [6.07, 6.45) is -6.50. The van der Waals surface area contributed by atoms with Crippen LogP contribution < -0.4 is 5.43 Å². The zero-order valence-corrected chi connectivity index (χ0v) is 14.3. The first-order valence-electron chi connectivity index (χ1n) is 6.66. The van der Waals surface area contributed by atoms with E-state index in [0.29, 0.717) is 10.1 Å². The Labute approximate surface area is 152 Å². The lowest BCUT2D eigenvalue weighted by Gasteiger charge is -2.31. The number of benzene rings is 1. The van der Waals surface area contributed by atoms with Crippen molar-refractivity contribution in [2.24, 2.45) is 0 Å². The number of amides is 1. The van der Waals surface area contributed by atoms with Crippen LogP contribution in [0.5, 0.6) is 0 Å².